The predicted molar refractivity (Wildman–Crippen MR) is 253 cm³/mol. The van der Waals surface area contributed by atoms with Crippen molar-refractivity contribution in [2.75, 3.05) is 0 Å². The fourth-order valence-corrected chi connectivity index (χ4v) is 10.8. The summed E-state index contributed by atoms with van der Waals surface area (Å²) >= 11 is 0. The lowest BCUT2D eigenvalue weighted by atomic mass is 9.84. The van der Waals surface area contributed by atoms with Gasteiger partial charge in [-0.3, -0.25) is 0 Å². The molecule has 1 aliphatic rings. The molecule has 0 bridgehead atoms. The SMILES string of the molecule is [C-]#[N+]c1c(-n2c3ccccc3c3ccccc32)c(C#N)c(-n2c3ccccc3c3ccccc32)c(C2c3ccccc3-c3ccccc32)c1-n1c2ccccc2c2ccccc21. The molecule has 0 unspecified atom stereocenters. The van der Waals surface area contributed by atoms with Crippen LogP contribution in [-0.2, 0) is 0 Å². The summed E-state index contributed by atoms with van der Waals surface area (Å²) < 4.78 is 6.84. The number of nitrogens with zero attached hydrogens (tertiary/aromatic N) is 5. The van der Waals surface area contributed by atoms with Crippen LogP contribution in [0.15, 0.2) is 194 Å². The molecule has 0 saturated heterocycles. The average Bonchev–Trinajstić information content (AvgIpc) is 4.06. The van der Waals surface area contributed by atoms with Gasteiger partial charge in [-0.05, 0) is 58.7 Å². The van der Waals surface area contributed by atoms with E-state index in [0.717, 1.165) is 105 Å². The summed E-state index contributed by atoms with van der Waals surface area (Å²) in [4.78, 5) is 4.66. The van der Waals surface area contributed by atoms with Crippen LogP contribution in [0.5, 0.6) is 0 Å². The first-order valence-corrected chi connectivity index (χ1v) is 20.9. The highest BCUT2D eigenvalue weighted by Gasteiger charge is 2.39. The highest BCUT2D eigenvalue weighted by molar-refractivity contribution is 6.14. The molecule has 0 fully saturated rings. The van der Waals surface area contributed by atoms with E-state index in [4.69, 9.17) is 0 Å². The Bertz CT molecular complexity index is 3610. The third kappa shape index (κ3) is 4.44. The Morgan fingerprint density at radius 1 is 0.387 bits per heavy atom. The number of fused-ring (bicyclic) bond motifs is 12. The Balaban J connectivity index is 1.37. The molecule has 0 saturated carbocycles. The van der Waals surface area contributed by atoms with Crippen LogP contribution >= 0.6 is 0 Å². The minimum absolute atomic E-state index is 0.341. The van der Waals surface area contributed by atoms with E-state index in [-0.39, 0.29) is 5.92 Å². The fraction of sp³-hybridized carbons (Fsp3) is 0.0175. The van der Waals surface area contributed by atoms with Crippen LogP contribution in [0.2, 0.25) is 0 Å². The van der Waals surface area contributed by atoms with Gasteiger partial charge in [0.25, 0.3) is 0 Å². The van der Waals surface area contributed by atoms with Crippen LogP contribution in [-0.4, -0.2) is 13.7 Å². The number of benzene rings is 9. The quantitative estimate of drug-likeness (QED) is 0.164. The van der Waals surface area contributed by atoms with Crippen LogP contribution in [0.1, 0.15) is 28.2 Å². The third-order valence-electron chi connectivity index (χ3n) is 13.2. The molecule has 12 aromatic rings. The lowest BCUT2D eigenvalue weighted by Gasteiger charge is -2.29. The maximum Gasteiger partial charge on any atom is 0.235 e. The summed E-state index contributed by atoms with van der Waals surface area (Å²) in [6.07, 6.45) is 0. The first kappa shape index (κ1) is 34.2. The number of nitriles is 1. The van der Waals surface area contributed by atoms with Crippen LogP contribution in [0, 0.1) is 17.9 Å². The molecule has 0 N–H and O–H groups in total. The molecule has 3 heterocycles. The van der Waals surface area contributed by atoms with Crippen molar-refractivity contribution in [3.8, 4) is 34.3 Å². The zero-order chi connectivity index (χ0) is 41.1. The van der Waals surface area contributed by atoms with Gasteiger partial charge in [-0.15, -0.1) is 0 Å². The van der Waals surface area contributed by atoms with E-state index in [1.807, 2.05) is 12.1 Å². The first-order valence-electron chi connectivity index (χ1n) is 20.9. The molecule has 9 aromatic carbocycles. The smallest absolute Gasteiger partial charge is 0.235 e. The summed E-state index contributed by atoms with van der Waals surface area (Å²) in [7, 11) is 0. The Hall–Kier alpha value is -8.64. The average molecular weight is 788 g/mol. The molecule has 5 nitrogen and oxygen atoms in total. The van der Waals surface area contributed by atoms with Crippen molar-refractivity contribution >= 4 is 71.1 Å². The Morgan fingerprint density at radius 3 is 1.05 bits per heavy atom. The minimum atomic E-state index is -0.341. The van der Waals surface area contributed by atoms with Crippen molar-refractivity contribution in [2.24, 2.45) is 0 Å². The maximum atomic E-state index is 12.1. The molecule has 0 atom stereocenters. The second-order valence-electron chi connectivity index (χ2n) is 16.1. The van der Waals surface area contributed by atoms with Gasteiger partial charge in [0, 0.05) is 43.8 Å². The van der Waals surface area contributed by atoms with E-state index in [0.29, 0.717) is 16.9 Å². The summed E-state index contributed by atoms with van der Waals surface area (Å²) in [5, 5.41) is 18.6. The van der Waals surface area contributed by atoms with Crippen LogP contribution in [0.4, 0.5) is 5.69 Å². The summed E-state index contributed by atoms with van der Waals surface area (Å²) in [5.41, 5.74) is 14.3. The molecule has 286 valence electrons. The van der Waals surface area contributed by atoms with Gasteiger partial charge in [0.05, 0.1) is 62.3 Å². The highest BCUT2D eigenvalue weighted by Crippen LogP contribution is 2.56. The standard InChI is InChI=1S/C57H33N5/c1-59-54-56(61-48-30-14-8-22-39(48)40-23-9-15-31-49(40)61)45(34-58)55(60-46-28-12-6-20-37(46)38-21-7-13-29-47(38)60)53(52-43-26-4-2-18-35(43)36-19-3-5-27-44(36)52)57(54)62-50-32-16-10-24-41(50)42-25-11-17-33-51(42)62/h2-33,52H. The van der Waals surface area contributed by atoms with Gasteiger partial charge in [0.2, 0.25) is 5.69 Å². The van der Waals surface area contributed by atoms with Gasteiger partial charge in [0.15, 0.2) is 0 Å². The molecule has 3 aromatic heterocycles. The topological polar surface area (TPSA) is 42.9 Å². The number of rotatable bonds is 4. The number of hydrogen-bond acceptors (Lipinski definition) is 1. The van der Waals surface area contributed by atoms with Gasteiger partial charge in [-0.2, -0.15) is 5.26 Å². The Kier molecular flexibility index (Phi) is 7.14. The van der Waals surface area contributed by atoms with Crippen LogP contribution in [0.25, 0.3) is 98.5 Å². The third-order valence-corrected chi connectivity index (χ3v) is 13.2. The maximum absolute atomic E-state index is 12.1. The largest absolute Gasteiger partial charge is 0.319 e. The molecule has 0 radical (unpaired) electrons. The van der Waals surface area contributed by atoms with E-state index in [1.165, 1.54) is 0 Å². The molecule has 1 aliphatic carbocycles. The lowest BCUT2D eigenvalue weighted by Crippen LogP contribution is -2.16. The zero-order valence-electron chi connectivity index (χ0n) is 33.3. The van der Waals surface area contributed by atoms with Crippen molar-refractivity contribution in [1.82, 2.24) is 13.7 Å². The highest BCUT2D eigenvalue weighted by atomic mass is 15.1. The van der Waals surface area contributed by atoms with Crippen molar-refractivity contribution in [3.63, 3.8) is 0 Å². The second-order valence-corrected chi connectivity index (χ2v) is 16.1. The van der Waals surface area contributed by atoms with E-state index in [1.54, 1.807) is 0 Å². The van der Waals surface area contributed by atoms with Gasteiger partial charge in [-0.1, -0.05) is 158 Å². The van der Waals surface area contributed by atoms with Crippen molar-refractivity contribution in [1.29, 1.82) is 5.26 Å². The molecule has 5 heteroatoms. The molecular weight excluding hydrogens is 755 g/mol. The van der Waals surface area contributed by atoms with E-state index < -0.39 is 0 Å². The molecular formula is C57H33N5. The molecule has 0 spiro atoms. The van der Waals surface area contributed by atoms with Crippen molar-refractivity contribution < 1.29 is 0 Å². The molecule has 0 aliphatic heterocycles. The second kappa shape index (κ2) is 12.9. The fourth-order valence-electron chi connectivity index (χ4n) is 10.8. The summed E-state index contributed by atoms with van der Waals surface area (Å²) in [6.45, 7) is 9.48. The van der Waals surface area contributed by atoms with Crippen molar-refractivity contribution in [3.05, 3.63) is 228 Å². The monoisotopic (exact) mass is 787 g/mol. The van der Waals surface area contributed by atoms with E-state index in [9.17, 15) is 11.8 Å². The first-order chi connectivity index (χ1) is 30.8. The van der Waals surface area contributed by atoms with Gasteiger partial charge < -0.3 is 13.7 Å². The Labute approximate surface area is 356 Å². The number of hydrogen-bond donors (Lipinski definition) is 0. The summed E-state index contributed by atoms with van der Waals surface area (Å²) in [6, 6.07) is 70.9. The van der Waals surface area contributed by atoms with Crippen LogP contribution in [0.3, 0.4) is 0 Å². The minimum Gasteiger partial charge on any atom is -0.319 e. The van der Waals surface area contributed by atoms with Gasteiger partial charge >= 0.3 is 0 Å². The number of aromatic nitrogens is 3. The zero-order valence-corrected chi connectivity index (χ0v) is 33.3. The molecule has 62 heavy (non-hydrogen) atoms. The van der Waals surface area contributed by atoms with Crippen LogP contribution < -0.4 is 0 Å². The van der Waals surface area contributed by atoms with Gasteiger partial charge in [0.1, 0.15) is 6.07 Å². The lowest BCUT2D eigenvalue weighted by molar-refractivity contribution is 0.949. The molecule has 0 amide bonds. The van der Waals surface area contributed by atoms with E-state index >= 15 is 0 Å². The summed E-state index contributed by atoms with van der Waals surface area (Å²) in [5.74, 6) is -0.341. The molecule has 13 rings (SSSR count). The number of para-hydroxylation sites is 6. The normalized spacial score (nSPS) is 12.4. The van der Waals surface area contributed by atoms with Crippen molar-refractivity contribution in [2.45, 2.75) is 5.92 Å². The predicted octanol–water partition coefficient (Wildman–Crippen LogP) is 14.6. The van der Waals surface area contributed by atoms with E-state index in [2.05, 4.69) is 207 Å². The van der Waals surface area contributed by atoms with Gasteiger partial charge in [-0.25, -0.2) is 4.85 Å². The Morgan fingerprint density at radius 2 is 0.694 bits per heavy atom.